The van der Waals surface area contributed by atoms with E-state index in [1.807, 2.05) is 0 Å². The van der Waals surface area contributed by atoms with Crippen molar-refractivity contribution in [1.82, 2.24) is 20.2 Å². The molecule has 7 nitrogen and oxygen atoms in total. The molecule has 2 aromatic carbocycles. The molecule has 0 radical (unpaired) electrons. The summed E-state index contributed by atoms with van der Waals surface area (Å²) in [6.45, 7) is 0.259. The number of nitrogens with zero attached hydrogens (tertiary/aromatic N) is 4. The first-order chi connectivity index (χ1) is 11.1. The molecule has 0 aliphatic carbocycles. The van der Waals surface area contributed by atoms with E-state index in [-0.39, 0.29) is 30.7 Å². The predicted molar refractivity (Wildman–Crippen MR) is 88.2 cm³/mol. The summed E-state index contributed by atoms with van der Waals surface area (Å²) in [5.74, 6) is 0.157. The highest BCUT2D eigenvalue weighted by atomic mass is 35.5. The van der Waals surface area contributed by atoms with Crippen molar-refractivity contribution in [2.75, 3.05) is 0 Å². The largest absolute Gasteiger partial charge is 0.487 e. The van der Waals surface area contributed by atoms with E-state index in [0.717, 1.165) is 5.56 Å². The molecule has 3 N–H and O–H groups in total. The highest BCUT2D eigenvalue weighted by Crippen LogP contribution is 2.24. The minimum absolute atomic E-state index is 0. The maximum atomic E-state index is 12.9. The Bertz CT molecular complexity index is 822. The van der Waals surface area contributed by atoms with Crippen molar-refractivity contribution in [2.24, 2.45) is 5.73 Å². The molecule has 1 heterocycles. The van der Waals surface area contributed by atoms with Crippen LogP contribution in [-0.4, -0.2) is 26.0 Å². The van der Waals surface area contributed by atoms with Crippen LogP contribution in [0.15, 0.2) is 48.8 Å². The van der Waals surface area contributed by atoms with Crippen molar-refractivity contribution in [3.63, 3.8) is 0 Å². The van der Waals surface area contributed by atoms with Crippen LogP contribution < -0.4 is 10.5 Å². The van der Waals surface area contributed by atoms with Crippen LogP contribution in [0.3, 0.4) is 0 Å². The number of tetrazole rings is 1. The van der Waals surface area contributed by atoms with Gasteiger partial charge in [0.25, 0.3) is 0 Å². The fourth-order valence-electron chi connectivity index (χ4n) is 2.00. The molecule has 0 saturated carbocycles. The number of nitrogen functional groups attached to an aromatic ring is 1. The third-order valence-corrected chi connectivity index (χ3v) is 3.17. The summed E-state index contributed by atoms with van der Waals surface area (Å²) in [7, 11) is 0. The Hall–Kier alpha value is -3.00. The van der Waals surface area contributed by atoms with Crippen LogP contribution in [0.5, 0.6) is 5.75 Å². The molecule has 1 aromatic heterocycles. The van der Waals surface area contributed by atoms with Crippen molar-refractivity contribution in [3.05, 3.63) is 65.7 Å². The summed E-state index contributed by atoms with van der Waals surface area (Å²) in [6.07, 6.45) is 1.42. The molecule has 24 heavy (non-hydrogen) atoms. The normalized spacial score (nSPS) is 10.0. The van der Waals surface area contributed by atoms with Crippen LogP contribution in [-0.2, 0) is 6.61 Å². The molecule has 0 spiro atoms. The van der Waals surface area contributed by atoms with Gasteiger partial charge >= 0.3 is 0 Å². The number of amidine groups is 1. The van der Waals surface area contributed by atoms with Gasteiger partial charge in [-0.25, -0.2) is 4.39 Å². The topological polar surface area (TPSA) is 103 Å². The molecule has 0 bridgehead atoms. The maximum absolute atomic E-state index is 12.9. The number of halogens is 2. The molecular weight excluding hydrogens is 335 g/mol. The third kappa shape index (κ3) is 3.85. The van der Waals surface area contributed by atoms with E-state index >= 15 is 0 Å². The van der Waals surface area contributed by atoms with Crippen LogP contribution in [0, 0.1) is 11.2 Å². The van der Waals surface area contributed by atoms with Crippen LogP contribution in [0.1, 0.15) is 11.1 Å². The summed E-state index contributed by atoms with van der Waals surface area (Å²) in [6, 6.07) is 11.1. The van der Waals surface area contributed by atoms with Crippen molar-refractivity contribution >= 4 is 18.2 Å². The molecule has 0 saturated heterocycles. The lowest BCUT2D eigenvalue weighted by Gasteiger charge is -2.12. The molecule has 0 aliphatic heterocycles. The molecule has 0 atom stereocenters. The zero-order valence-corrected chi connectivity index (χ0v) is 13.2. The smallest absolute Gasteiger partial charge is 0.145 e. The first kappa shape index (κ1) is 17.4. The summed E-state index contributed by atoms with van der Waals surface area (Å²) >= 11 is 0. The highest BCUT2D eigenvalue weighted by Gasteiger charge is 2.10. The van der Waals surface area contributed by atoms with E-state index in [4.69, 9.17) is 15.9 Å². The van der Waals surface area contributed by atoms with Gasteiger partial charge in [-0.15, -0.1) is 17.5 Å². The van der Waals surface area contributed by atoms with Crippen molar-refractivity contribution in [3.8, 4) is 11.4 Å². The van der Waals surface area contributed by atoms with Crippen molar-refractivity contribution in [1.29, 1.82) is 5.41 Å². The van der Waals surface area contributed by atoms with Gasteiger partial charge in [0.2, 0.25) is 0 Å². The second-order valence-electron chi connectivity index (χ2n) is 4.77. The van der Waals surface area contributed by atoms with E-state index in [1.54, 1.807) is 30.3 Å². The lowest BCUT2D eigenvalue weighted by atomic mass is 10.1. The molecule has 0 aliphatic rings. The van der Waals surface area contributed by atoms with E-state index < -0.39 is 0 Å². The molecule has 124 valence electrons. The van der Waals surface area contributed by atoms with E-state index in [9.17, 15) is 4.39 Å². The molecule has 3 aromatic rings. The Balaban J connectivity index is 0.00000208. The first-order valence-corrected chi connectivity index (χ1v) is 6.72. The number of nitrogens with one attached hydrogen (secondary N) is 1. The molecule has 9 heteroatoms. The standard InChI is InChI=1S/C15H13FN6O.ClH/c16-12-4-1-10(2-5-12)8-23-14-6-3-11(15(17)18)7-13(14)22-9-19-20-21-22;/h1-7,9H,8H2,(H3,17,18);1H. The number of aromatic nitrogens is 4. The molecular formula is C15H14ClFN6O. The van der Waals surface area contributed by atoms with Gasteiger partial charge in [0.1, 0.15) is 36.0 Å². The van der Waals surface area contributed by atoms with Gasteiger partial charge < -0.3 is 10.5 Å². The fraction of sp³-hybridized carbons (Fsp3) is 0.0667. The van der Waals surface area contributed by atoms with E-state index in [1.165, 1.54) is 23.1 Å². The van der Waals surface area contributed by atoms with Gasteiger partial charge in [-0.2, -0.15) is 4.68 Å². The average Bonchev–Trinajstić information content (AvgIpc) is 3.08. The number of hydrogen-bond acceptors (Lipinski definition) is 5. The Morgan fingerprint density at radius 3 is 2.58 bits per heavy atom. The van der Waals surface area contributed by atoms with Gasteiger partial charge in [-0.3, -0.25) is 5.41 Å². The van der Waals surface area contributed by atoms with Crippen molar-refractivity contribution < 1.29 is 9.13 Å². The minimum Gasteiger partial charge on any atom is -0.487 e. The van der Waals surface area contributed by atoms with Gasteiger partial charge in [-0.1, -0.05) is 12.1 Å². The fourth-order valence-corrected chi connectivity index (χ4v) is 2.00. The van der Waals surface area contributed by atoms with Gasteiger partial charge in [0.05, 0.1) is 0 Å². The third-order valence-electron chi connectivity index (χ3n) is 3.17. The number of ether oxygens (including phenoxy) is 1. The van der Waals surface area contributed by atoms with Gasteiger partial charge in [0, 0.05) is 5.56 Å². The van der Waals surface area contributed by atoms with Crippen LogP contribution in [0.25, 0.3) is 5.69 Å². The van der Waals surface area contributed by atoms with Crippen LogP contribution >= 0.6 is 12.4 Å². The van der Waals surface area contributed by atoms with Crippen LogP contribution in [0.4, 0.5) is 4.39 Å². The first-order valence-electron chi connectivity index (χ1n) is 6.72. The lowest BCUT2D eigenvalue weighted by molar-refractivity contribution is 0.304. The highest BCUT2D eigenvalue weighted by molar-refractivity contribution is 5.95. The number of nitrogens with two attached hydrogens (primary N) is 1. The number of hydrogen-bond donors (Lipinski definition) is 2. The van der Waals surface area contributed by atoms with Crippen LogP contribution in [0.2, 0.25) is 0 Å². The molecule has 3 rings (SSSR count). The second kappa shape index (κ2) is 7.51. The molecule has 0 amide bonds. The summed E-state index contributed by atoms with van der Waals surface area (Å²) in [5, 5.41) is 18.5. The zero-order valence-electron chi connectivity index (χ0n) is 12.4. The SMILES string of the molecule is Cl.N=C(N)c1ccc(OCc2ccc(F)cc2)c(-n2cnnn2)c1. The monoisotopic (exact) mass is 348 g/mol. The molecule has 0 fully saturated rings. The number of rotatable bonds is 5. The van der Waals surface area contributed by atoms with Gasteiger partial charge in [0.15, 0.2) is 0 Å². The minimum atomic E-state index is -0.297. The Labute approximate surface area is 143 Å². The summed E-state index contributed by atoms with van der Waals surface area (Å²) in [5.41, 5.74) is 7.43. The lowest BCUT2D eigenvalue weighted by Crippen LogP contribution is -2.12. The average molecular weight is 349 g/mol. The molecule has 0 unspecified atom stereocenters. The zero-order chi connectivity index (χ0) is 16.2. The maximum Gasteiger partial charge on any atom is 0.145 e. The second-order valence-corrected chi connectivity index (χ2v) is 4.77. The van der Waals surface area contributed by atoms with E-state index in [2.05, 4.69) is 15.5 Å². The van der Waals surface area contributed by atoms with E-state index in [0.29, 0.717) is 17.0 Å². The summed E-state index contributed by atoms with van der Waals surface area (Å²) < 4.78 is 20.1. The quantitative estimate of drug-likeness (QED) is 0.543. The number of benzene rings is 2. The van der Waals surface area contributed by atoms with Gasteiger partial charge in [-0.05, 0) is 46.3 Å². The Morgan fingerprint density at radius 2 is 1.96 bits per heavy atom. The Kier molecular flexibility index (Phi) is 5.43. The van der Waals surface area contributed by atoms with Crippen molar-refractivity contribution in [2.45, 2.75) is 6.61 Å². The Morgan fingerprint density at radius 1 is 1.21 bits per heavy atom. The summed E-state index contributed by atoms with van der Waals surface area (Å²) in [4.78, 5) is 0. The predicted octanol–water partition coefficient (Wildman–Crippen LogP) is 2.09.